The number of carboxylic acid groups (broad SMARTS) is 1. The van der Waals surface area contributed by atoms with Crippen molar-refractivity contribution < 1.29 is 18.3 Å². The van der Waals surface area contributed by atoms with Crippen molar-refractivity contribution >= 4 is 39.2 Å². The number of carboxylic acids is 1. The van der Waals surface area contributed by atoms with Gasteiger partial charge in [-0.15, -0.1) is 0 Å². The number of carbonyl (C=O) groups is 1. The van der Waals surface area contributed by atoms with E-state index in [1.165, 1.54) is 16.4 Å². The van der Waals surface area contributed by atoms with Crippen LogP contribution < -0.4 is 0 Å². The van der Waals surface area contributed by atoms with E-state index in [0.29, 0.717) is 41.8 Å². The first kappa shape index (κ1) is 22.1. The Morgan fingerprint density at radius 2 is 1.69 bits per heavy atom. The molecule has 0 atom stereocenters. The van der Waals surface area contributed by atoms with E-state index < -0.39 is 16.0 Å². The number of rotatable bonds is 7. The lowest BCUT2D eigenvalue weighted by Gasteiger charge is -2.34. The minimum atomic E-state index is -3.64. The van der Waals surface area contributed by atoms with Gasteiger partial charge in [0, 0.05) is 32.7 Å². The van der Waals surface area contributed by atoms with Gasteiger partial charge in [0.15, 0.2) is 0 Å². The fraction of sp³-hybridized carbons (Fsp3) is 0.350. The van der Waals surface area contributed by atoms with Gasteiger partial charge in [-0.2, -0.15) is 4.31 Å². The Morgan fingerprint density at radius 3 is 2.34 bits per heavy atom. The number of sulfonamides is 1. The van der Waals surface area contributed by atoms with Crippen LogP contribution in [0.5, 0.6) is 0 Å². The monoisotopic (exact) mass is 456 g/mol. The quantitative estimate of drug-likeness (QED) is 0.691. The van der Waals surface area contributed by atoms with Gasteiger partial charge >= 0.3 is 5.97 Å². The van der Waals surface area contributed by atoms with Gasteiger partial charge < -0.3 is 10.0 Å². The zero-order valence-electron chi connectivity index (χ0n) is 15.7. The average Bonchev–Trinajstić information content (AvgIpc) is 2.69. The molecule has 0 saturated carbocycles. The van der Waals surface area contributed by atoms with Gasteiger partial charge in [0.2, 0.25) is 10.0 Å². The summed E-state index contributed by atoms with van der Waals surface area (Å²) in [6.45, 7) is 2.87. The van der Waals surface area contributed by atoms with Gasteiger partial charge in [-0.1, -0.05) is 41.4 Å². The van der Waals surface area contributed by atoms with Crippen molar-refractivity contribution in [3.05, 3.63) is 63.6 Å². The minimum absolute atomic E-state index is 0.139. The Morgan fingerprint density at radius 1 is 0.966 bits per heavy atom. The molecule has 1 saturated heterocycles. The van der Waals surface area contributed by atoms with Crippen LogP contribution in [0.25, 0.3) is 0 Å². The number of piperazine rings is 1. The molecule has 156 valence electrons. The van der Waals surface area contributed by atoms with E-state index in [1.807, 2.05) is 12.1 Å². The number of benzene rings is 2. The van der Waals surface area contributed by atoms with Gasteiger partial charge in [-0.05, 0) is 41.8 Å². The van der Waals surface area contributed by atoms with Crippen LogP contribution >= 0.6 is 23.2 Å². The summed E-state index contributed by atoms with van der Waals surface area (Å²) in [6.07, 6.45) is 0.604. The fourth-order valence-electron chi connectivity index (χ4n) is 3.32. The van der Waals surface area contributed by atoms with Crippen molar-refractivity contribution in [3.8, 4) is 0 Å². The van der Waals surface area contributed by atoms with Gasteiger partial charge in [0.05, 0.1) is 21.4 Å². The van der Waals surface area contributed by atoms with Crippen LogP contribution in [-0.2, 0) is 27.7 Å². The lowest BCUT2D eigenvalue weighted by atomic mass is 10.1. The molecule has 0 amide bonds. The highest BCUT2D eigenvalue weighted by molar-refractivity contribution is 7.89. The number of halogens is 2. The largest absolute Gasteiger partial charge is 0.481 e. The lowest BCUT2D eigenvalue weighted by Crippen LogP contribution is -2.49. The van der Waals surface area contributed by atoms with E-state index in [0.717, 1.165) is 18.5 Å². The minimum Gasteiger partial charge on any atom is -0.481 e. The van der Waals surface area contributed by atoms with Gasteiger partial charge in [0.1, 0.15) is 0 Å². The molecule has 0 unspecified atom stereocenters. The van der Waals surface area contributed by atoms with E-state index >= 15 is 0 Å². The van der Waals surface area contributed by atoms with Crippen LogP contribution in [0.1, 0.15) is 11.1 Å². The second kappa shape index (κ2) is 9.45. The third kappa shape index (κ3) is 5.71. The van der Waals surface area contributed by atoms with Crippen LogP contribution in [0.4, 0.5) is 0 Å². The molecule has 6 nitrogen and oxygen atoms in total. The molecule has 0 bridgehead atoms. The van der Waals surface area contributed by atoms with E-state index in [4.69, 9.17) is 28.3 Å². The van der Waals surface area contributed by atoms with Crippen LogP contribution in [-0.4, -0.2) is 61.4 Å². The SMILES string of the molecule is O=C(O)Cc1cccc(S(=O)(=O)N2CCN(CCc3ccc(Cl)c(Cl)c3)CC2)c1. The summed E-state index contributed by atoms with van der Waals surface area (Å²) in [6, 6.07) is 11.7. The summed E-state index contributed by atoms with van der Waals surface area (Å²) in [4.78, 5) is 13.2. The standard InChI is InChI=1S/C20H22Cl2N2O4S/c21-18-5-4-15(13-19(18)22)6-7-23-8-10-24(11-9-23)29(27,28)17-3-1-2-16(12-17)14-20(25)26/h1-5,12-13H,6-11,14H2,(H,25,26). The molecule has 9 heteroatoms. The first-order chi connectivity index (χ1) is 13.8. The van der Waals surface area contributed by atoms with E-state index in [-0.39, 0.29) is 11.3 Å². The second-order valence-electron chi connectivity index (χ2n) is 6.96. The molecule has 0 radical (unpaired) electrons. The molecule has 1 fully saturated rings. The molecule has 0 spiro atoms. The molecule has 2 aromatic rings. The Labute approximate surface area is 180 Å². The smallest absolute Gasteiger partial charge is 0.307 e. The summed E-state index contributed by atoms with van der Waals surface area (Å²) < 4.78 is 27.3. The molecule has 1 N–H and O–H groups in total. The van der Waals surface area contributed by atoms with Crippen LogP contribution in [0, 0.1) is 0 Å². The molecular formula is C20H22Cl2N2O4S. The molecule has 2 aromatic carbocycles. The van der Waals surface area contributed by atoms with Crippen molar-refractivity contribution in [2.75, 3.05) is 32.7 Å². The summed E-state index contributed by atoms with van der Waals surface area (Å²) in [5.74, 6) is -0.991. The third-order valence-corrected chi connectivity index (χ3v) is 7.56. The topological polar surface area (TPSA) is 77.9 Å². The molecule has 0 aromatic heterocycles. The Bertz CT molecular complexity index is 990. The normalized spacial score (nSPS) is 16.1. The molecular weight excluding hydrogens is 435 g/mol. The lowest BCUT2D eigenvalue weighted by molar-refractivity contribution is -0.136. The van der Waals surface area contributed by atoms with Crippen molar-refractivity contribution in [2.24, 2.45) is 0 Å². The predicted molar refractivity (Wildman–Crippen MR) is 113 cm³/mol. The fourth-order valence-corrected chi connectivity index (χ4v) is 5.13. The molecule has 1 aliphatic rings. The highest BCUT2D eigenvalue weighted by atomic mass is 35.5. The van der Waals surface area contributed by atoms with Gasteiger partial charge in [-0.25, -0.2) is 8.42 Å². The van der Waals surface area contributed by atoms with E-state index in [2.05, 4.69) is 4.90 Å². The summed E-state index contributed by atoms with van der Waals surface area (Å²) >= 11 is 12.0. The Kier molecular flexibility index (Phi) is 7.19. The van der Waals surface area contributed by atoms with Crippen LogP contribution in [0.2, 0.25) is 10.0 Å². The van der Waals surface area contributed by atoms with E-state index in [9.17, 15) is 13.2 Å². The first-order valence-corrected chi connectivity index (χ1v) is 11.4. The zero-order chi connectivity index (χ0) is 21.0. The van der Waals surface area contributed by atoms with Gasteiger partial charge in [-0.3, -0.25) is 4.79 Å². The number of hydrogen-bond donors (Lipinski definition) is 1. The van der Waals surface area contributed by atoms with Crippen LogP contribution in [0.3, 0.4) is 0 Å². The maximum atomic E-state index is 12.9. The maximum Gasteiger partial charge on any atom is 0.307 e. The average molecular weight is 457 g/mol. The number of nitrogens with zero attached hydrogens (tertiary/aromatic N) is 2. The zero-order valence-corrected chi connectivity index (χ0v) is 18.1. The highest BCUT2D eigenvalue weighted by Crippen LogP contribution is 2.23. The highest BCUT2D eigenvalue weighted by Gasteiger charge is 2.28. The Hall–Kier alpha value is -1.64. The van der Waals surface area contributed by atoms with Gasteiger partial charge in [0.25, 0.3) is 0 Å². The van der Waals surface area contributed by atoms with Crippen molar-refractivity contribution in [1.29, 1.82) is 0 Å². The van der Waals surface area contributed by atoms with E-state index in [1.54, 1.807) is 18.2 Å². The maximum absolute atomic E-state index is 12.9. The predicted octanol–water partition coefficient (Wildman–Crippen LogP) is 3.17. The molecule has 1 heterocycles. The second-order valence-corrected chi connectivity index (χ2v) is 9.71. The van der Waals surface area contributed by atoms with Crippen molar-refractivity contribution in [3.63, 3.8) is 0 Å². The number of aliphatic carboxylic acids is 1. The molecule has 3 rings (SSSR count). The van der Waals surface area contributed by atoms with Crippen molar-refractivity contribution in [1.82, 2.24) is 9.21 Å². The summed E-state index contributed by atoms with van der Waals surface area (Å²) in [5, 5.41) is 9.98. The molecule has 0 aliphatic carbocycles. The Balaban J connectivity index is 1.58. The number of hydrogen-bond acceptors (Lipinski definition) is 4. The summed E-state index contributed by atoms with van der Waals surface area (Å²) in [7, 11) is -3.64. The summed E-state index contributed by atoms with van der Waals surface area (Å²) in [5.41, 5.74) is 1.56. The molecule has 1 aliphatic heterocycles. The molecule has 29 heavy (non-hydrogen) atoms. The van der Waals surface area contributed by atoms with Crippen LogP contribution in [0.15, 0.2) is 47.4 Å². The first-order valence-electron chi connectivity index (χ1n) is 9.23. The van der Waals surface area contributed by atoms with Crippen molar-refractivity contribution in [2.45, 2.75) is 17.7 Å². The third-order valence-electron chi connectivity index (χ3n) is 4.92.